The maximum atomic E-state index is 5.70. The van der Waals surface area contributed by atoms with Crippen molar-refractivity contribution in [1.29, 1.82) is 0 Å². The molecule has 5 heteroatoms. The minimum absolute atomic E-state index is 0.111. The fourth-order valence-electron chi connectivity index (χ4n) is 1.72. The first-order valence-electron chi connectivity index (χ1n) is 5.93. The normalized spacial score (nSPS) is 12.7. The number of benzene rings is 1. The maximum Gasteiger partial charge on any atom is 0.247 e. The molecule has 2 rings (SSSR count). The van der Waals surface area contributed by atoms with Crippen LogP contribution in [-0.4, -0.2) is 17.2 Å². The molecule has 0 aliphatic rings. The molecular weight excluding hydrogens is 294 g/mol. The summed E-state index contributed by atoms with van der Waals surface area (Å²) in [4.78, 5) is 0. The Balaban J connectivity index is 2.31. The van der Waals surface area contributed by atoms with Gasteiger partial charge in [-0.25, -0.2) is 0 Å². The Bertz CT molecular complexity index is 535. The van der Waals surface area contributed by atoms with Crippen molar-refractivity contribution in [3.05, 3.63) is 34.1 Å². The van der Waals surface area contributed by atoms with Gasteiger partial charge in [-0.1, -0.05) is 28.9 Å². The van der Waals surface area contributed by atoms with E-state index >= 15 is 0 Å². The van der Waals surface area contributed by atoms with Crippen molar-refractivity contribution in [2.24, 2.45) is 0 Å². The van der Waals surface area contributed by atoms with Crippen LogP contribution < -0.4 is 5.32 Å². The standard InChI is InChI=1S/C13H16BrN3O/c1-4-11(15-3)13-17-16-12(18-13)9-6-5-8(2)10(14)7-9/h5-7,11,15H,4H2,1-3H3. The second kappa shape index (κ2) is 5.63. The zero-order chi connectivity index (χ0) is 13.1. The molecule has 0 saturated carbocycles. The van der Waals surface area contributed by atoms with E-state index in [1.165, 1.54) is 5.56 Å². The highest BCUT2D eigenvalue weighted by atomic mass is 79.9. The largest absolute Gasteiger partial charge is 0.419 e. The molecule has 4 nitrogen and oxygen atoms in total. The first-order valence-corrected chi connectivity index (χ1v) is 6.72. The molecule has 2 aromatic rings. The van der Waals surface area contributed by atoms with Gasteiger partial charge < -0.3 is 9.73 Å². The van der Waals surface area contributed by atoms with Crippen molar-refractivity contribution < 1.29 is 4.42 Å². The van der Waals surface area contributed by atoms with Gasteiger partial charge in [0.25, 0.3) is 0 Å². The number of rotatable bonds is 4. The highest BCUT2D eigenvalue weighted by Gasteiger charge is 2.16. The summed E-state index contributed by atoms with van der Waals surface area (Å²) in [6, 6.07) is 6.11. The summed E-state index contributed by atoms with van der Waals surface area (Å²) in [7, 11) is 1.89. The summed E-state index contributed by atoms with van der Waals surface area (Å²) in [6.45, 7) is 4.12. The first-order chi connectivity index (χ1) is 8.65. The van der Waals surface area contributed by atoms with E-state index in [0.29, 0.717) is 11.8 Å². The van der Waals surface area contributed by atoms with Gasteiger partial charge in [0.05, 0.1) is 6.04 Å². The molecule has 1 unspecified atom stereocenters. The molecular formula is C13H16BrN3O. The minimum Gasteiger partial charge on any atom is -0.419 e. The molecule has 0 aliphatic heterocycles. The smallest absolute Gasteiger partial charge is 0.247 e. The molecule has 1 aromatic heterocycles. The fourth-order valence-corrected chi connectivity index (χ4v) is 2.10. The quantitative estimate of drug-likeness (QED) is 0.939. The van der Waals surface area contributed by atoms with Gasteiger partial charge in [0.2, 0.25) is 11.8 Å². The highest BCUT2D eigenvalue weighted by Crippen LogP contribution is 2.26. The molecule has 96 valence electrons. The van der Waals surface area contributed by atoms with Crippen LogP contribution >= 0.6 is 15.9 Å². The third-order valence-electron chi connectivity index (χ3n) is 2.91. The van der Waals surface area contributed by atoms with E-state index in [0.717, 1.165) is 16.5 Å². The van der Waals surface area contributed by atoms with Crippen molar-refractivity contribution in [3.63, 3.8) is 0 Å². The van der Waals surface area contributed by atoms with E-state index in [9.17, 15) is 0 Å². The van der Waals surface area contributed by atoms with Crippen LogP contribution in [0.15, 0.2) is 27.1 Å². The van der Waals surface area contributed by atoms with Crippen LogP contribution in [-0.2, 0) is 0 Å². The summed E-state index contributed by atoms with van der Waals surface area (Å²) in [5, 5.41) is 11.3. The van der Waals surface area contributed by atoms with Crippen LogP contribution in [0.2, 0.25) is 0 Å². The summed E-state index contributed by atoms with van der Waals surface area (Å²) in [5.41, 5.74) is 2.11. The second-order valence-electron chi connectivity index (χ2n) is 4.16. The average molecular weight is 310 g/mol. The first kappa shape index (κ1) is 13.2. The molecule has 1 aromatic carbocycles. The van der Waals surface area contributed by atoms with Gasteiger partial charge >= 0.3 is 0 Å². The van der Waals surface area contributed by atoms with Gasteiger partial charge in [-0.05, 0) is 38.1 Å². The van der Waals surface area contributed by atoms with E-state index < -0.39 is 0 Å². The number of hydrogen-bond acceptors (Lipinski definition) is 4. The van der Waals surface area contributed by atoms with E-state index in [1.807, 2.05) is 32.2 Å². The van der Waals surface area contributed by atoms with Gasteiger partial charge in [-0.15, -0.1) is 10.2 Å². The Labute approximate surface area is 115 Å². The van der Waals surface area contributed by atoms with Gasteiger partial charge in [0.15, 0.2) is 0 Å². The van der Waals surface area contributed by atoms with E-state index in [-0.39, 0.29) is 6.04 Å². The molecule has 0 spiro atoms. The predicted octanol–water partition coefficient (Wildman–Crippen LogP) is 3.48. The third-order valence-corrected chi connectivity index (χ3v) is 3.77. The second-order valence-corrected chi connectivity index (χ2v) is 5.01. The lowest BCUT2D eigenvalue weighted by Crippen LogP contribution is -2.15. The molecule has 18 heavy (non-hydrogen) atoms. The van der Waals surface area contributed by atoms with E-state index in [1.54, 1.807) is 0 Å². The number of nitrogens with zero attached hydrogens (tertiary/aromatic N) is 2. The monoisotopic (exact) mass is 309 g/mol. The Morgan fingerprint density at radius 2 is 2.17 bits per heavy atom. The lowest BCUT2D eigenvalue weighted by molar-refractivity contribution is 0.415. The van der Waals surface area contributed by atoms with Crippen LogP contribution in [0.25, 0.3) is 11.5 Å². The fraction of sp³-hybridized carbons (Fsp3) is 0.385. The van der Waals surface area contributed by atoms with E-state index in [2.05, 4.69) is 38.4 Å². The Hall–Kier alpha value is -1.20. The Morgan fingerprint density at radius 1 is 1.39 bits per heavy atom. The molecule has 0 amide bonds. The van der Waals surface area contributed by atoms with Crippen molar-refractivity contribution >= 4 is 15.9 Å². The van der Waals surface area contributed by atoms with Gasteiger partial charge in [-0.3, -0.25) is 0 Å². The molecule has 0 fully saturated rings. The summed E-state index contributed by atoms with van der Waals surface area (Å²) >= 11 is 3.50. The molecule has 0 aliphatic carbocycles. The number of nitrogens with one attached hydrogen (secondary N) is 1. The Morgan fingerprint density at radius 3 is 2.78 bits per heavy atom. The van der Waals surface area contributed by atoms with Crippen molar-refractivity contribution in [1.82, 2.24) is 15.5 Å². The summed E-state index contributed by atoms with van der Waals surface area (Å²) in [5.74, 6) is 1.19. The molecule has 1 heterocycles. The number of hydrogen-bond donors (Lipinski definition) is 1. The SMILES string of the molecule is CCC(NC)c1nnc(-c2ccc(C)c(Br)c2)o1. The van der Waals surface area contributed by atoms with Crippen molar-refractivity contribution in [2.75, 3.05) is 7.05 Å². The predicted molar refractivity (Wildman–Crippen MR) is 74.3 cm³/mol. The number of aryl methyl sites for hydroxylation is 1. The van der Waals surface area contributed by atoms with Crippen molar-refractivity contribution in [2.45, 2.75) is 26.3 Å². The zero-order valence-electron chi connectivity index (χ0n) is 10.7. The summed E-state index contributed by atoms with van der Waals surface area (Å²) < 4.78 is 6.74. The molecule has 1 atom stereocenters. The summed E-state index contributed by atoms with van der Waals surface area (Å²) in [6.07, 6.45) is 0.912. The number of halogens is 1. The van der Waals surface area contributed by atoms with Crippen LogP contribution in [0.3, 0.4) is 0 Å². The molecule has 0 saturated heterocycles. The van der Waals surface area contributed by atoms with Gasteiger partial charge in [0, 0.05) is 10.0 Å². The van der Waals surface area contributed by atoms with Crippen LogP contribution in [0.4, 0.5) is 0 Å². The van der Waals surface area contributed by atoms with Crippen molar-refractivity contribution in [3.8, 4) is 11.5 Å². The topological polar surface area (TPSA) is 51.0 Å². The molecule has 0 radical (unpaired) electrons. The van der Waals surface area contributed by atoms with Crippen LogP contribution in [0, 0.1) is 6.92 Å². The third kappa shape index (κ3) is 2.62. The Kier molecular flexibility index (Phi) is 4.14. The molecule has 0 bridgehead atoms. The highest BCUT2D eigenvalue weighted by molar-refractivity contribution is 9.10. The maximum absolute atomic E-state index is 5.70. The zero-order valence-corrected chi connectivity index (χ0v) is 12.3. The average Bonchev–Trinajstić information content (AvgIpc) is 2.84. The van der Waals surface area contributed by atoms with Crippen LogP contribution in [0.5, 0.6) is 0 Å². The van der Waals surface area contributed by atoms with E-state index in [4.69, 9.17) is 4.42 Å². The lowest BCUT2D eigenvalue weighted by Gasteiger charge is -2.07. The minimum atomic E-state index is 0.111. The van der Waals surface area contributed by atoms with Gasteiger partial charge in [-0.2, -0.15) is 0 Å². The molecule has 1 N–H and O–H groups in total. The lowest BCUT2D eigenvalue weighted by atomic mass is 10.1. The van der Waals surface area contributed by atoms with Gasteiger partial charge in [0.1, 0.15) is 0 Å². The van der Waals surface area contributed by atoms with Crippen LogP contribution in [0.1, 0.15) is 30.8 Å². The number of aromatic nitrogens is 2.